The van der Waals surface area contributed by atoms with E-state index in [0.717, 1.165) is 5.56 Å². The quantitative estimate of drug-likeness (QED) is 0.162. The highest BCUT2D eigenvalue weighted by Gasteiger charge is 2.50. The lowest BCUT2D eigenvalue weighted by atomic mass is 9.94. The maximum atomic E-state index is 13.7. The molecule has 4 rings (SSSR count). The number of hydrogen-bond acceptors (Lipinski definition) is 9. The van der Waals surface area contributed by atoms with Crippen LogP contribution in [-0.2, 0) is 41.5 Å². The van der Waals surface area contributed by atoms with Crippen LogP contribution < -0.4 is 16.0 Å². The Hall–Kier alpha value is -4.00. The van der Waals surface area contributed by atoms with Gasteiger partial charge in [-0.1, -0.05) is 36.4 Å². The maximum absolute atomic E-state index is 13.7. The average molecular weight is 583 g/mol. The first-order valence-corrected chi connectivity index (χ1v) is 14.0. The molecule has 12 nitrogen and oxygen atoms in total. The van der Waals surface area contributed by atoms with Gasteiger partial charge in [0.15, 0.2) is 17.3 Å². The third-order valence-electron chi connectivity index (χ3n) is 7.37. The summed E-state index contributed by atoms with van der Waals surface area (Å²) in [5, 5.41) is 27.8. The molecule has 2 aliphatic rings. The Morgan fingerprint density at radius 3 is 2.17 bits per heavy atom. The fraction of sp³-hybridized carbons (Fsp3) is 0.467. The summed E-state index contributed by atoms with van der Waals surface area (Å²) in [6.07, 6.45) is 0.166. The molecule has 0 bridgehead atoms. The largest absolute Gasteiger partial charge is 0.504 e. The van der Waals surface area contributed by atoms with Crippen LogP contribution in [0, 0.1) is 0 Å². The van der Waals surface area contributed by atoms with Gasteiger partial charge in [-0.3, -0.25) is 24.1 Å². The van der Waals surface area contributed by atoms with E-state index in [1.54, 1.807) is 6.92 Å². The Morgan fingerprint density at radius 1 is 0.881 bits per heavy atom. The van der Waals surface area contributed by atoms with E-state index in [9.17, 15) is 29.4 Å². The van der Waals surface area contributed by atoms with Crippen molar-refractivity contribution in [2.45, 2.75) is 50.4 Å². The summed E-state index contributed by atoms with van der Waals surface area (Å²) in [6, 6.07) is 10.3. The number of benzene rings is 2. The number of rotatable bonds is 13. The molecule has 0 aliphatic carbocycles. The minimum Gasteiger partial charge on any atom is -0.504 e. The minimum atomic E-state index is -1.17. The first-order valence-electron chi connectivity index (χ1n) is 14.0. The number of carbonyl (C=O) groups excluding carboxylic acids is 4. The maximum Gasteiger partial charge on any atom is 0.243 e. The second kappa shape index (κ2) is 13.8. The lowest BCUT2D eigenvalue weighted by Crippen LogP contribution is -2.57. The van der Waals surface area contributed by atoms with Gasteiger partial charge in [0, 0.05) is 19.5 Å². The van der Waals surface area contributed by atoms with E-state index in [1.165, 1.54) is 25.1 Å². The van der Waals surface area contributed by atoms with Crippen LogP contribution >= 0.6 is 0 Å². The average Bonchev–Trinajstić information content (AvgIpc) is 3.73. The molecule has 2 aliphatic heterocycles. The fourth-order valence-electron chi connectivity index (χ4n) is 4.70. The molecule has 0 radical (unpaired) electrons. The van der Waals surface area contributed by atoms with Crippen molar-refractivity contribution in [1.82, 2.24) is 20.9 Å². The van der Waals surface area contributed by atoms with E-state index >= 15 is 0 Å². The number of aromatic hydroxyl groups is 2. The van der Waals surface area contributed by atoms with Gasteiger partial charge in [0.25, 0.3) is 0 Å². The van der Waals surface area contributed by atoms with E-state index in [1.807, 2.05) is 35.2 Å². The standard InChI is InChI=1S/C30H38N4O8/c1-19(31-26(37)17-34-10-12-41-13-11-34)28(39)33-23(15-21-8-9-24(35)25(36)16-21)29(40)32-22(27(38)30(2)18-42-30)14-20-6-4-3-5-7-20/h3-9,16,19,22-23,35-36H,10-15,17-18H2,1-2H3,(H,31,37)(H,32,40)(H,33,39)/t19-,22-,23-,30+/m0/s1. The van der Waals surface area contributed by atoms with Crippen LogP contribution in [0.4, 0.5) is 0 Å². The lowest BCUT2D eigenvalue weighted by Gasteiger charge is -2.27. The number of morpholine rings is 1. The number of amides is 3. The Labute approximate surface area is 244 Å². The van der Waals surface area contributed by atoms with Crippen molar-refractivity contribution in [2.75, 3.05) is 39.5 Å². The van der Waals surface area contributed by atoms with Crippen LogP contribution in [0.3, 0.4) is 0 Å². The van der Waals surface area contributed by atoms with Gasteiger partial charge < -0.3 is 35.6 Å². The monoisotopic (exact) mass is 582 g/mol. The third kappa shape index (κ3) is 8.51. The molecule has 0 unspecified atom stereocenters. The normalized spacial score (nSPS) is 20.5. The van der Waals surface area contributed by atoms with Crippen molar-refractivity contribution in [3.8, 4) is 11.5 Å². The molecule has 5 N–H and O–H groups in total. The number of epoxide rings is 1. The van der Waals surface area contributed by atoms with Crippen LogP contribution in [0.5, 0.6) is 11.5 Å². The van der Waals surface area contributed by atoms with Crippen LogP contribution in [0.2, 0.25) is 0 Å². The molecule has 226 valence electrons. The van der Waals surface area contributed by atoms with Crippen LogP contribution in [-0.4, -0.2) is 102 Å². The zero-order chi connectivity index (χ0) is 30.3. The predicted molar refractivity (Wildman–Crippen MR) is 152 cm³/mol. The Morgan fingerprint density at radius 2 is 1.52 bits per heavy atom. The van der Waals surface area contributed by atoms with Crippen LogP contribution in [0.1, 0.15) is 25.0 Å². The summed E-state index contributed by atoms with van der Waals surface area (Å²) in [5.74, 6) is -2.55. The fourth-order valence-corrected chi connectivity index (χ4v) is 4.70. The molecule has 2 aromatic carbocycles. The first-order chi connectivity index (χ1) is 20.0. The summed E-state index contributed by atoms with van der Waals surface area (Å²) < 4.78 is 10.6. The van der Waals surface area contributed by atoms with E-state index < -0.39 is 35.5 Å². The van der Waals surface area contributed by atoms with E-state index in [4.69, 9.17) is 9.47 Å². The lowest BCUT2D eigenvalue weighted by molar-refractivity contribution is -0.134. The zero-order valence-corrected chi connectivity index (χ0v) is 23.8. The molecule has 2 fully saturated rings. The summed E-state index contributed by atoms with van der Waals surface area (Å²) in [4.78, 5) is 54.6. The number of Topliss-reactive ketones (excluding diaryl/α,β-unsaturated/α-hetero) is 1. The van der Waals surface area contributed by atoms with Crippen molar-refractivity contribution in [3.63, 3.8) is 0 Å². The van der Waals surface area contributed by atoms with Gasteiger partial charge in [-0.15, -0.1) is 0 Å². The third-order valence-corrected chi connectivity index (χ3v) is 7.37. The van der Waals surface area contributed by atoms with Gasteiger partial charge >= 0.3 is 0 Å². The Bertz CT molecular complexity index is 1280. The van der Waals surface area contributed by atoms with Crippen molar-refractivity contribution in [3.05, 3.63) is 59.7 Å². The highest BCUT2D eigenvalue weighted by atomic mass is 16.6. The summed E-state index contributed by atoms with van der Waals surface area (Å²) in [7, 11) is 0. The highest BCUT2D eigenvalue weighted by Crippen LogP contribution is 2.29. The predicted octanol–water partition coefficient (Wildman–Crippen LogP) is 0.0475. The van der Waals surface area contributed by atoms with E-state index in [2.05, 4.69) is 16.0 Å². The van der Waals surface area contributed by atoms with Crippen LogP contribution in [0.25, 0.3) is 0 Å². The topological polar surface area (TPSA) is 170 Å². The molecular formula is C30H38N4O8. The minimum absolute atomic E-state index is 0.0557. The van der Waals surface area contributed by atoms with Crippen LogP contribution in [0.15, 0.2) is 48.5 Å². The van der Waals surface area contributed by atoms with Gasteiger partial charge in [0.05, 0.1) is 32.4 Å². The van der Waals surface area contributed by atoms with E-state index in [-0.39, 0.29) is 49.2 Å². The number of carbonyl (C=O) groups is 4. The molecule has 12 heteroatoms. The van der Waals surface area contributed by atoms with Crippen molar-refractivity contribution >= 4 is 23.5 Å². The number of hydrogen-bond donors (Lipinski definition) is 5. The van der Waals surface area contributed by atoms with Crippen molar-refractivity contribution in [2.24, 2.45) is 0 Å². The second-order valence-electron chi connectivity index (χ2n) is 10.9. The molecular weight excluding hydrogens is 544 g/mol. The molecule has 0 aromatic heterocycles. The molecule has 42 heavy (non-hydrogen) atoms. The van der Waals surface area contributed by atoms with Gasteiger partial charge in [0.2, 0.25) is 17.7 Å². The molecule has 2 aromatic rings. The molecule has 2 heterocycles. The first kappa shape index (κ1) is 30.9. The summed E-state index contributed by atoms with van der Waals surface area (Å²) in [5.41, 5.74) is 0.298. The van der Waals surface area contributed by atoms with E-state index in [0.29, 0.717) is 31.9 Å². The highest BCUT2D eigenvalue weighted by molar-refractivity contribution is 5.98. The zero-order valence-electron chi connectivity index (χ0n) is 23.8. The Balaban J connectivity index is 1.47. The number of phenols is 2. The van der Waals surface area contributed by atoms with Gasteiger partial charge in [-0.25, -0.2) is 0 Å². The molecule has 0 saturated carbocycles. The van der Waals surface area contributed by atoms with Gasteiger partial charge in [-0.2, -0.15) is 0 Å². The number of nitrogens with zero attached hydrogens (tertiary/aromatic N) is 1. The number of phenolic OH excluding ortho intramolecular Hbond substituents is 2. The second-order valence-corrected chi connectivity index (χ2v) is 10.9. The molecule has 4 atom stereocenters. The molecule has 2 saturated heterocycles. The van der Waals surface area contributed by atoms with Gasteiger partial charge in [-0.05, 0) is 43.5 Å². The number of nitrogens with one attached hydrogen (secondary N) is 3. The SMILES string of the molecule is C[C@H](NC(=O)CN1CCOCC1)C(=O)N[C@@H](Cc1ccc(O)c(O)c1)C(=O)N[C@@H](Cc1ccccc1)C(=O)[C@@]1(C)CO1. The molecule has 3 amide bonds. The molecule has 0 spiro atoms. The number of ketones is 1. The number of ether oxygens (including phenoxy) is 2. The smallest absolute Gasteiger partial charge is 0.243 e. The Kier molecular flexibility index (Phi) is 10.2. The van der Waals surface area contributed by atoms with Gasteiger partial charge in [0.1, 0.15) is 17.7 Å². The van der Waals surface area contributed by atoms with Crippen molar-refractivity contribution < 1.29 is 38.9 Å². The summed E-state index contributed by atoms with van der Waals surface area (Å²) >= 11 is 0. The van der Waals surface area contributed by atoms with Crippen molar-refractivity contribution in [1.29, 1.82) is 0 Å². The summed E-state index contributed by atoms with van der Waals surface area (Å²) in [6.45, 7) is 5.84.